The molecule has 4 aromatic rings. The maximum Gasteiger partial charge on any atom is 0.418 e. The molecule has 4 rings (SSSR count). The van der Waals surface area contributed by atoms with E-state index in [0.717, 1.165) is 22.8 Å². The molecule has 0 radical (unpaired) electrons. The van der Waals surface area contributed by atoms with E-state index < -0.39 is 11.7 Å². The van der Waals surface area contributed by atoms with Gasteiger partial charge in [-0.05, 0) is 30.7 Å². The van der Waals surface area contributed by atoms with E-state index >= 15 is 0 Å². The molecule has 0 saturated carbocycles. The van der Waals surface area contributed by atoms with Crippen LogP contribution in [0.25, 0.3) is 21.3 Å². The molecule has 0 atom stereocenters. The van der Waals surface area contributed by atoms with Crippen molar-refractivity contribution in [1.29, 1.82) is 0 Å². The molecule has 3 nitrogen and oxygen atoms in total. The van der Waals surface area contributed by atoms with Gasteiger partial charge in [0, 0.05) is 16.0 Å². The fraction of sp³-hybridized carbons (Fsp3) is 0.100. The van der Waals surface area contributed by atoms with E-state index in [-0.39, 0.29) is 10.7 Å². The van der Waals surface area contributed by atoms with E-state index in [1.165, 1.54) is 29.8 Å². The number of aryl methyl sites for hydroxylation is 1. The molecule has 142 valence electrons. The highest BCUT2D eigenvalue weighted by molar-refractivity contribution is 7.17. The van der Waals surface area contributed by atoms with Crippen LogP contribution >= 0.6 is 22.9 Å². The third kappa shape index (κ3) is 3.55. The lowest BCUT2D eigenvalue weighted by Gasteiger charge is -2.15. The molecular weight excluding hydrogens is 407 g/mol. The molecule has 1 N–H and O–H groups in total. The molecule has 2 heterocycles. The Balaban J connectivity index is 1.85. The first kappa shape index (κ1) is 18.7. The molecular formula is C20H13ClF3N3S. The Hall–Kier alpha value is -2.64. The molecule has 28 heavy (non-hydrogen) atoms. The summed E-state index contributed by atoms with van der Waals surface area (Å²) in [5.41, 5.74) is 1.97. The van der Waals surface area contributed by atoms with Gasteiger partial charge in [0.1, 0.15) is 17.0 Å². The molecule has 0 aliphatic heterocycles. The van der Waals surface area contributed by atoms with E-state index in [0.29, 0.717) is 16.0 Å². The summed E-state index contributed by atoms with van der Waals surface area (Å²) in [4.78, 5) is 9.15. The van der Waals surface area contributed by atoms with Crippen LogP contribution in [0.5, 0.6) is 0 Å². The second-order valence-corrected chi connectivity index (χ2v) is 7.53. The largest absolute Gasteiger partial charge is 0.418 e. The monoisotopic (exact) mass is 419 g/mol. The molecule has 0 aliphatic carbocycles. The van der Waals surface area contributed by atoms with Gasteiger partial charge in [-0.2, -0.15) is 13.2 Å². The number of alkyl halides is 3. The second kappa shape index (κ2) is 7.07. The molecule has 2 aromatic carbocycles. The van der Waals surface area contributed by atoms with Crippen LogP contribution in [-0.2, 0) is 6.18 Å². The molecule has 0 aliphatic rings. The van der Waals surface area contributed by atoms with Crippen molar-refractivity contribution in [3.8, 4) is 11.1 Å². The average Bonchev–Trinajstić information content (AvgIpc) is 3.08. The molecule has 8 heteroatoms. The summed E-state index contributed by atoms with van der Waals surface area (Å²) in [6, 6.07) is 11.5. The number of aromatic nitrogens is 2. The van der Waals surface area contributed by atoms with Gasteiger partial charge in [0.05, 0.1) is 16.6 Å². The lowest BCUT2D eigenvalue weighted by Crippen LogP contribution is -2.09. The smallest absolute Gasteiger partial charge is 0.339 e. The topological polar surface area (TPSA) is 37.8 Å². The van der Waals surface area contributed by atoms with Crippen LogP contribution in [0.15, 0.2) is 54.2 Å². The van der Waals surface area contributed by atoms with E-state index in [2.05, 4.69) is 15.3 Å². The van der Waals surface area contributed by atoms with Crippen molar-refractivity contribution in [2.24, 2.45) is 0 Å². The zero-order valence-electron chi connectivity index (χ0n) is 14.5. The molecule has 0 spiro atoms. The number of halogens is 4. The van der Waals surface area contributed by atoms with Crippen LogP contribution < -0.4 is 5.32 Å². The number of nitrogens with one attached hydrogen (secondary N) is 1. The van der Waals surface area contributed by atoms with Gasteiger partial charge in [0.2, 0.25) is 0 Å². The van der Waals surface area contributed by atoms with Gasteiger partial charge in [0.25, 0.3) is 0 Å². The number of hydrogen-bond acceptors (Lipinski definition) is 4. The maximum atomic E-state index is 13.4. The normalized spacial score (nSPS) is 11.8. The predicted molar refractivity (Wildman–Crippen MR) is 107 cm³/mol. The van der Waals surface area contributed by atoms with Gasteiger partial charge in [-0.3, -0.25) is 0 Å². The lowest BCUT2D eigenvalue weighted by atomic mass is 10.0. The fourth-order valence-corrected chi connectivity index (χ4v) is 3.99. The first-order chi connectivity index (χ1) is 13.3. The van der Waals surface area contributed by atoms with Gasteiger partial charge in [-0.25, -0.2) is 9.97 Å². The Morgan fingerprint density at radius 3 is 2.50 bits per heavy atom. The summed E-state index contributed by atoms with van der Waals surface area (Å²) >= 11 is 7.19. The van der Waals surface area contributed by atoms with Gasteiger partial charge in [-0.1, -0.05) is 41.4 Å². The van der Waals surface area contributed by atoms with E-state index in [4.69, 9.17) is 11.6 Å². The standard InChI is InChI=1S/C20H13ClF3N3S/c1-11-2-4-12(5-3-11)14-9-28-19-17(14)18(25-10-26-19)27-16-7-6-13(21)8-15(16)20(22,23)24/h2-10H,1H3,(H,25,26,27). The number of nitrogens with zero attached hydrogens (tertiary/aromatic N) is 2. The first-order valence-corrected chi connectivity index (χ1v) is 9.52. The number of benzene rings is 2. The van der Waals surface area contributed by atoms with Crippen molar-refractivity contribution in [3.63, 3.8) is 0 Å². The van der Waals surface area contributed by atoms with Crippen LogP contribution in [-0.4, -0.2) is 9.97 Å². The number of fused-ring (bicyclic) bond motifs is 1. The van der Waals surface area contributed by atoms with Crippen LogP contribution in [0.2, 0.25) is 5.02 Å². The van der Waals surface area contributed by atoms with Crippen molar-refractivity contribution in [1.82, 2.24) is 9.97 Å². The summed E-state index contributed by atoms with van der Waals surface area (Å²) in [5, 5.41) is 5.46. The zero-order valence-corrected chi connectivity index (χ0v) is 16.1. The van der Waals surface area contributed by atoms with Crippen LogP contribution in [0, 0.1) is 6.92 Å². The SMILES string of the molecule is Cc1ccc(-c2csc3ncnc(Nc4ccc(Cl)cc4C(F)(F)F)c23)cc1. The summed E-state index contributed by atoms with van der Waals surface area (Å²) in [5.74, 6) is 0.314. The highest BCUT2D eigenvalue weighted by atomic mass is 35.5. The van der Waals surface area contributed by atoms with Crippen molar-refractivity contribution in [2.75, 3.05) is 5.32 Å². The van der Waals surface area contributed by atoms with Crippen molar-refractivity contribution in [2.45, 2.75) is 13.1 Å². The molecule has 2 aromatic heterocycles. The fourth-order valence-electron chi connectivity index (χ4n) is 2.90. The first-order valence-electron chi connectivity index (χ1n) is 8.26. The Kier molecular flexibility index (Phi) is 4.72. The minimum Gasteiger partial charge on any atom is -0.339 e. The molecule has 0 saturated heterocycles. The highest BCUT2D eigenvalue weighted by Crippen LogP contribution is 2.41. The molecule has 0 fully saturated rings. The van der Waals surface area contributed by atoms with E-state index in [1.54, 1.807) is 0 Å². The summed E-state index contributed by atoms with van der Waals surface area (Å²) < 4.78 is 40.3. The van der Waals surface area contributed by atoms with Crippen molar-refractivity contribution < 1.29 is 13.2 Å². The Morgan fingerprint density at radius 1 is 1.04 bits per heavy atom. The van der Waals surface area contributed by atoms with E-state index in [9.17, 15) is 13.2 Å². The number of rotatable bonds is 3. The van der Waals surface area contributed by atoms with Crippen LogP contribution in [0.4, 0.5) is 24.7 Å². The third-order valence-electron chi connectivity index (χ3n) is 4.27. The summed E-state index contributed by atoms with van der Waals surface area (Å²) in [6.45, 7) is 1.99. The quantitative estimate of drug-likeness (QED) is 0.385. The Bertz CT molecular complexity index is 1150. The maximum absolute atomic E-state index is 13.4. The van der Waals surface area contributed by atoms with Gasteiger partial charge >= 0.3 is 6.18 Å². The van der Waals surface area contributed by atoms with Crippen molar-refractivity contribution >= 4 is 44.7 Å². The average molecular weight is 420 g/mol. The minimum absolute atomic E-state index is 0.0154. The summed E-state index contributed by atoms with van der Waals surface area (Å²) in [6.07, 6.45) is -3.21. The Morgan fingerprint density at radius 2 is 1.79 bits per heavy atom. The van der Waals surface area contributed by atoms with Gasteiger partial charge in [0.15, 0.2) is 0 Å². The minimum atomic E-state index is -4.55. The zero-order chi connectivity index (χ0) is 19.9. The second-order valence-electron chi connectivity index (χ2n) is 6.23. The van der Waals surface area contributed by atoms with Gasteiger partial charge < -0.3 is 5.32 Å². The Labute approximate surface area is 167 Å². The third-order valence-corrected chi connectivity index (χ3v) is 5.39. The lowest BCUT2D eigenvalue weighted by molar-refractivity contribution is -0.136. The van der Waals surface area contributed by atoms with Crippen LogP contribution in [0.3, 0.4) is 0 Å². The number of anilines is 2. The number of thiophene rings is 1. The number of hydrogen-bond donors (Lipinski definition) is 1. The molecule has 0 bridgehead atoms. The van der Waals surface area contributed by atoms with Gasteiger partial charge in [-0.15, -0.1) is 11.3 Å². The van der Waals surface area contributed by atoms with Crippen LogP contribution in [0.1, 0.15) is 11.1 Å². The summed E-state index contributed by atoms with van der Waals surface area (Å²) in [7, 11) is 0. The van der Waals surface area contributed by atoms with E-state index in [1.807, 2.05) is 36.6 Å². The predicted octanol–water partition coefficient (Wildman–Crippen LogP) is 7.08. The molecule has 0 unspecified atom stereocenters. The highest BCUT2D eigenvalue weighted by Gasteiger charge is 2.34. The van der Waals surface area contributed by atoms with Crippen molar-refractivity contribution in [3.05, 3.63) is 70.3 Å². The molecule has 0 amide bonds.